The molecule has 0 saturated heterocycles. The van der Waals surface area contributed by atoms with E-state index in [1.165, 1.54) is 60.7 Å². The number of hydrogen-bond donors (Lipinski definition) is 2. The molecular formula is C31H29F5N4O3S. The number of alkyl halides is 4. The summed E-state index contributed by atoms with van der Waals surface area (Å²) < 4.78 is 95.4. The molecule has 7 nitrogen and oxygen atoms in total. The molecule has 0 aliphatic heterocycles. The Bertz CT molecular complexity index is 1670. The van der Waals surface area contributed by atoms with Gasteiger partial charge in [0.25, 0.3) is 0 Å². The number of carbonyl (C=O) groups excluding carboxylic acids is 1. The fourth-order valence-corrected chi connectivity index (χ4v) is 5.09. The minimum Gasteiger partial charge on any atom is -0.339 e. The van der Waals surface area contributed by atoms with Crippen LogP contribution in [0.4, 0.5) is 22.0 Å². The average Bonchev–Trinajstić information content (AvgIpc) is 2.94. The maximum atomic E-state index is 14.7. The fraction of sp³-hybridized carbons (Fsp3) is 0.323. The van der Waals surface area contributed by atoms with Crippen LogP contribution >= 0.6 is 0 Å². The number of benzene rings is 3. The van der Waals surface area contributed by atoms with Crippen LogP contribution in [0.1, 0.15) is 43.0 Å². The molecule has 0 aromatic heterocycles. The Morgan fingerprint density at radius 3 is 1.95 bits per heavy atom. The zero-order valence-corrected chi connectivity index (χ0v) is 24.7. The van der Waals surface area contributed by atoms with Crippen LogP contribution in [0, 0.1) is 28.5 Å². The third-order valence-corrected chi connectivity index (χ3v) is 7.77. The van der Waals surface area contributed by atoms with Crippen LogP contribution in [0.25, 0.3) is 11.1 Å². The fourth-order valence-electron chi connectivity index (χ4n) is 4.46. The van der Waals surface area contributed by atoms with Crippen LogP contribution in [0.2, 0.25) is 0 Å². The van der Waals surface area contributed by atoms with Crippen LogP contribution in [-0.2, 0) is 21.1 Å². The van der Waals surface area contributed by atoms with Crippen molar-refractivity contribution >= 4 is 15.7 Å². The van der Waals surface area contributed by atoms with Gasteiger partial charge in [-0.05, 0) is 60.4 Å². The normalized spacial score (nSPS) is 14.1. The number of nitriles is 2. The smallest absolute Gasteiger partial charge is 0.339 e. The standard InChI is InChI=1S/C31H29F5N4O3S/c1-30(2,33)16-27(29(41)39-24(18-38)15-23-5-4-19(17-37)14-26(23)32)40-28(31(34,35)36)22-8-6-20(7-9-22)21-10-12-25(13-11-21)44(3,42)43/h4-14,24,27-28,40H,15-16H2,1-3H3,(H,39,41)/t24-,27+,28+/m1/s1. The van der Waals surface area contributed by atoms with Crippen molar-refractivity contribution in [1.29, 1.82) is 10.5 Å². The van der Waals surface area contributed by atoms with Crippen molar-refractivity contribution in [3.05, 3.63) is 89.2 Å². The summed E-state index contributed by atoms with van der Waals surface area (Å²) >= 11 is 0. The topological polar surface area (TPSA) is 123 Å². The minimum absolute atomic E-state index is 0.00889. The van der Waals surface area contributed by atoms with Crippen molar-refractivity contribution < 1.29 is 35.2 Å². The van der Waals surface area contributed by atoms with Gasteiger partial charge in [-0.15, -0.1) is 0 Å². The summed E-state index contributed by atoms with van der Waals surface area (Å²) in [5, 5.41) is 22.9. The van der Waals surface area contributed by atoms with E-state index in [-0.39, 0.29) is 28.0 Å². The molecule has 1 amide bonds. The first-order chi connectivity index (χ1) is 20.4. The molecule has 0 saturated carbocycles. The number of amides is 1. The Balaban J connectivity index is 1.85. The van der Waals surface area contributed by atoms with Gasteiger partial charge in [-0.1, -0.05) is 42.5 Å². The van der Waals surface area contributed by atoms with Crippen molar-refractivity contribution in [2.24, 2.45) is 0 Å². The van der Waals surface area contributed by atoms with Gasteiger partial charge in [0.2, 0.25) is 5.91 Å². The number of rotatable bonds is 11. The van der Waals surface area contributed by atoms with E-state index < -0.39 is 58.0 Å². The van der Waals surface area contributed by atoms with Crippen molar-refractivity contribution in [1.82, 2.24) is 10.6 Å². The lowest BCUT2D eigenvalue weighted by Crippen LogP contribution is -2.53. The zero-order chi connectivity index (χ0) is 32.9. The maximum Gasteiger partial charge on any atom is 0.407 e. The van der Waals surface area contributed by atoms with Crippen LogP contribution in [0.5, 0.6) is 0 Å². The Labute approximate surface area is 252 Å². The molecule has 3 aromatic carbocycles. The number of halogens is 5. The lowest BCUT2D eigenvalue weighted by Gasteiger charge is -2.30. The monoisotopic (exact) mass is 632 g/mol. The van der Waals surface area contributed by atoms with E-state index in [0.717, 1.165) is 26.2 Å². The number of nitrogens with zero attached hydrogens (tertiary/aromatic N) is 2. The number of sulfone groups is 1. The van der Waals surface area contributed by atoms with Gasteiger partial charge in [-0.3, -0.25) is 10.1 Å². The molecule has 0 radical (unpaired) electrons. The molecule has 0 bridgehead atoms. The first-order valence-electron chi connectivity index (χ1n) is 13.2. The summed E-state index contributed by atoms with van der Waals surface area (Å²) in [7, 11) is -3.44. The Morgan fingerprint density at radius 1 is 0.932 bits per heavy atom. The molecule has 3 aromatic rings. The highest BCUT2D eigenvalue weighted by atomic mass is 32.2. The van der Waals surface area contributed by atoms with Crippen LogP contribution in [0.15, 0.2) is 71.6 Å². The predicted molar refractivity (Wildman–Crippen MR) is 153 cm³/mol. The third-order valence-electron chi connectivity index (χ3n) is 6.64. The number of nitrogens with one attached hydrogen (secondary N) is 2. The van der Waals surface area contributed by atoms with Crippen molar-refractivity contribution in [3.8, 4) is 23.3 Å². The number of hydrogen-bond acceptors (Lipinski definition) is 6. The highest BCUT2D eigenvalue weighted by Gasteiger charge is 2.44. The minimum atomic E-state index is -4.92. The van der Waals surface area contributed by atoms with Gasteiger partial charge in [0.15, 0.2) is 9.84 Å². The van der Waals surface area contributed by atoms with Crippen molar-refractivity contribution in [3.63, 3.8) is 0 Å². The van der Waals surface area contributed by atoms with Gasteiger partial charge in [0, 0.05) is 19.1 Å². The van der Waals surface area contributed by atoms with Gasteiger partial charge in [0.05, 0.1) is 28.6 Å². The van der Waals surface area contributed by atoms with Crippen LogP contribution in [0.3, 0.4) is 0 Å². The molecule has 0 heterocycles. The Morgan fingerprint density at radius 2 is 1.50 bits per heavy atom. The van der Waals surface area contributed by atoms with E-state index >= 15 is 0 Å². The van der Waals surface area contributed by atoms with Gasteiger partial charge in [0.1, 0.15) is 23.6 Å². The quantitative estimate of drug-likeness (QED) is 0.261. The van der Waals surface area contributed by atoms with Gasteiger partial charge >= 0.3 is 6.18 Å². The summed E-state index contributed by atoms with van der Waals surface area (Å²) in [6.07, 6.45) is -4.90. The highest BCUT2D eigenvalue weighted by Crippen LogP contribution is 2.35. The summed E-state index contributed by atoms with van der Waals surface area (Å²) in [4.78, 5) is 13.2. The zero-order valence-electron chi connectivity index (χ0n) is 23.9. The van der Waals surface area contributed by atoms with E-state index in [1.54, 1.807) is 12.1 Å². The number of carbonyl (C=O) groups is 1. The molecule has 3 atom stereocenters. The van der Waals surface area contributed by atoms with Crippen LogP contribution in [-0.4, -0.2) is 44.5 Å². The van der Waals surface area contributed by atoms with E-state index in [1.807, 2.05) is 0 Å². The van der Waals surface area contributed by atoms with Gasteiger partial charge in [-0.25, -0.2) is 17.2 Å². The largest absolute Gasteiger partial charge is 0.407 e. The lowest BCUT2D eigenvalue weighted by atomic mass is 9.96. The molecule has 2 N–H and O–H groups in total. The third kappa shape index (κ3) is 9.33. The average molecular weight is 633 g/mol. The Hall–Kier alpha value is -4.33. The molecule has 232 valence electrons. The molecule has 3 rings (SSSR count). The predicted octanol–water partition coefficient (Wildman–Crippen LogP) is 5.72. The molecule has 44 heavy (non-hydrogen) atoms. The summed E-state index contributed by atoms with van der Waals surface area (Å²) in [6, 6.07) is 12.5. The lowest BCUT2D eigenvalue weighted by molar-refractivity contribution is -0.161. The molecule has 0 fully saturated rings. The van der Waals surface area contributed by atoms with Crippen molar-refractivity contribution in [2.45, 2.75) is 61.6 Å². The molecule has 0 unspecified atom stereocenters. The Kier molecular flexibility index (Phi) is 10.5. The van der Waals surface area contributed by atoms with Gasteiger partial charge in [-0.2, -0.15) is 23.7 Å². The molecular weight excluding hydrogens is 603 g/mol. The molecule has 0 spiro atoms. The second kappa shape index (κ2) is 13.5. The second-order valence-corrected chi connectivity index (χ2v) is 12.9. The summed E-state index contributed by atoms with van der Waals surface area (Å²) in [5.41, 5.74) is -1.28. The van der Waals surface area contributed by atoms with Crippen LogP contribution < -0.4 is 10.6 Å². The van der Waals surface area contributed by atoms with E-state index in [0.29, 0.717) is 11.1 Å². The highest BCUT2D eigenvalue weighted by molar-refractivity contribution is 7.90. The summed E-state index contributed by atoms with van der Waals surface area (Å²) in [6.45, 7) is 2.19. The van der Waals surface area contributed by atoms with Gasteiger partial charge < -0.3 is 5.32 Å². The molecule has 0 aliphatic carbocycles. The first kappa shape index (κ1) is 34.2. The van der Waals surface area contributed by atoms with Crippen molar-refractivity contribution in [2.75, 3.05) is 6.26 Å². The van der Waals surface area contributed by atoms with E-state index in [9.17, 15) is 40.4 Å². The van der Waals surface area contributed by atoms with E-state index in [2.05, 4.69) is 10.6 Å². The van der Waals surface area contributed by atoms with E-state index in [4.69, 9.17) is 5.26 Å². The molecule has 0 aliphatic rings. The maximum absolute atomic E-state index is 14.7. The second-order valence-electron chi connectivity index (χ2n) is 10.8. The first-order valence-corrected chi connectivity index (χ1v) is 15.1. The molecule has 13 heteroatoms. The SMILES string of the molecule is CC(C)(F)C[C@H](N[C@@H](c1ccc(-c2ccc(S(C)(=O)=O)cc2)cc1)C(F)(F)F)C(=O)N[C@@H](C#N)Cc1ccc(C#N)cc1F. The summed E-state index contributed by atoms with van der Waals surface area (Å²) in [5.74, 6) is -1.89.